The summed E-state index contributed by atoms with van der Waals surface area (Å²) >= 11 is 6.09. The van der Waals surface area contributed by atoms with Gasteiger partial charge in [0, 0.05) is 12.6 Å². The van der Waals surface area contributed by atoms with Gasteiger partial charge < -0.3 is 11.1 Å². The average molecular weight is 318 g/mol. The number of anilines is 1. The Bertz CT molecular complexity index is 468. The number of piperidine rings is 1. The van der Waals surface area contributed by atoms with Gasteiger partial charge in [-0.3, -0.25) is 9.69 Å². The van der Waals surface area contributed by atoms with Gasteiger partial charge >= 0.3 is 0 Å². The molecule has 0 spiro atoms. The molecule has 1 saturated heterocycles. The number of carbonyl (C=O) groups excluding carboxylic acids is 1. The summed E-state index contributed by atoms with van der Waals surface area (Å²) in [7, 11) is 0. The molecule has 1 amide bonds. The van der Waals surface area contributed by atoms with E-state index in [1.54, 1.807) is 0 Å². The van der Waals surface area contributed by atoms with E-state index in [1.807, 2.05) is 25.1 Å². The van der Waals surface area contributed by atoms with E-state index in [1.165, 1.54) is 0 Å². The molecule has 112 valence electrons. The number of hydrogen-bond donors (Lipinski definition) is 2. The van der Waals surface area contributed by atoms with E-state index in [-0.39, 0.29) is 24.4 Å². The molecule has 20 heavy (non-hydrogen) atoms. The molecule has 0 radical (unpaired) electrons. The number of likely N-dealkylation sites (tertiary alicyclic amines) is 1. The highest BCUT2D eigenvalue weighted by Crippen LogP contribution is 2.22. The number of aryl methyl sites for hydroxylation is 1. The molecule has 1 atom stereocenters. The summed E-state index contributed by atoms with van der Waals surface area (Å²) in [6.45, 7) is 4.06. The highest BCUT2D eigenvalue weighted by Gasteiger charge is 2.19. The molecule has 0 bridgehead atoms. The third-order valence-electron chi connectivity index (χ3n) is 3.31. The van der Waals surface area contributed by atoms with Gasteiger partial charge in [0.25, 0.3) is 0 Å². The van der Waals surface area contributed by atoms with Crippen molar-refractivity contribution in [3.8, 4) is 0 Å². The highest BCUT2D eigenvalue weighted by molar-refractivity contribution is 6.33. The first-order valence-corrected chi connectivity index (χ1v) is 6.96. The lowest BCUT2D eigenvalue weighted by Crippen LogP contribution is -2.45. The standard InChI is InChI=1S/C14H20ClN3O.ClH/c1-10-4-5-13(12(15)7-10)17-14(19)9-18-6-2-3-11(16)8-18;/h4-5,7,11H,2-3,6,8-9,16H2,1H3,(H,17,19);1H/t11-;/m1./s1. The van der Waals surface area contributed by atoms with Crippen LogP contribution in [0.2, 0.25) is 5.02 Å². The smallest absolute Gasteiger partial charge is 0.238 e. The van der Waals surface area contributed by atoms with E-state index in [0.717, 1.165) is 31.5 Å². The maximum atomic E-state index is 12.0. The van der Waals surface area contributed by atoms with Gasteiger partial charge in [0.2, 0.25) is 5.91 Å². The predicted octanol–water partition coefficient (Wildman–Crippen LogP) is 2.43. The number of nitrogens with zero attached hydrogens (tertiary/aromatic N) is 1. The van der Waals surface area contributed by atoms with Crippen molar-refractivity contribution in [3.63, 3.8) is 0 Å². The van der Waals surface area contributed by atoms with Gasteiger partial charge in [-0.05, 0) is 44.0 Å². The summed E-state index contributed by atoms with van der Waals surface area (Å²) < 4.78 is 0. The molecular weight excluding hydrogens is 297 g/mol. The van der Waals surface area contributed by atoms with Crippen molar-refractivity contribution in [3.05, 3.63) is 28.8 Å². The van der Waals surface area contributed by atoms with Gasteiger partial charge in [0.05, 0.1) is 17.3 Å². The Hall–Kier alpha value is -0.810. The minimum Gasteiger partial charge on any atom is -0.327 e. The van der Waals surface area contributed by atoms with Gasteiger partial charge in [-0.1, -0.05) is 17.7 Å². The van der Waals surface area contributed by atoms with Crippen LogP contribution < -0.4 is 11.1 Å². The summed E-state index contributed by atoms with van der Waals surface area (Å²) in [6, 6.07) is 5.79. The number of amides is 1. The summed E-state index contributed by atoms with van der Waals surface area (Å²) in [6.07, 6.45) is 2.10. The molecule has 1 fully saturated rings. The molecule has 1 heterocycles. The van der Waals surface area contributed by atoms with E-state index in [9.17, 15) is 4.79 Å². The maximum absolute atomic E-state index is 12.0. The Morgan fingerprint density at radius 1 is 1.55 bits per heavy atom. The van der Waals surface area contributed by atoms with Crippen LogP contribution in [0, 0.1) is 6.92 Å². The van der Waals surface area contributed by atoms with Crippen molar-refractivity contribution in [1.29, 1.82) is 0 Å². The lowest BCUT2D eigenvalue weighted by atomic mass is 10.1. The molecule has 0 aliphatic carbocycles. The van der Waals surface area contributed by atoms with Gasteiger partial charge in [-0.15, -0.1) is 12.4 Å². The second kappa shape index (κ2) is 7.84. The number of nitrogens with two attached hydrogens (primary N) is 1. The van der Waals surface area contributed by atoms with Crippen LogP contribution in [0.1, 0.15) is 18.4 Å². The first-order chi connectivity index (χ1) is 9.04. The maximum Gasteiger partial charge on any atom is 0.238 e. The number of nitrogens with one attached hydrogen (secondary N) is 1. The predicted molar refractivity (Wildman–Crippen MR) is 85.7 cm³/mol. The Labute approximate surface area is 131 Å². The fraction of sp³-hybridized carbons (Fsp3) is 0.500. The summed E-state index contributed by atoms with van der Waals surface area (Å²) in [4.78, 5) is 14.1. The minimum absolute atomic E-state index is 0. The van der Waals surface area contributed by atoms with E-state index < -0.39 is 0 Å². The zero-order valence-electron chi connectivity index (χ0n) is 11.6. The Balaban J connectivity index is 0.00000200. The van der Waals surface area contributed by atoms with Crippen LogP contribution in [0.15, 0.2) is 18.2 Å². The van der Waals surface area contributed by atoms with Crippen molar-refractivity contribution in [2.45, 2.75) is 25.8 Å². The minimum atomic E-state index is -0.0418. The molecule has 1 aromatic carbocycles. The molecule has 1 aliphatic heterocycles. The summed E-state index contributed by atoms with van der Waals surface area (Å²) in [5.41, 5.74) is 7.64. The largest absolute Gasteiger partial charge is 0.327 e. The van der Waals surface area contributed by atoms with Crippen LogP contribution in [0.3, 0.4) is 0 Å². The van der Waals surface area contributed by atoms with Crippen LogP contribution >= 0.6 is 24.0 Å². The fourth-order valence-corrected chi connectivity index (χ4v) is 2.63. The number of carbonyl (C=O) groups is 1. The normalized spacial score (nSPS) is 19.2. The number of benzene rings is 1. The van der Waals surface area contributed by atoms with Crippen LogP contribution in [-0.4, -0.2) is 36.5 Å². The first-order valence-electron chi connectivity index (χ1n) is 6.58. The van der Waals surface area contributed by atoms with E-state index in [4.69, 9.17) is 17.3 Å². The molecule has 0 aromatic heterocycles. The molecule has 2 rings (SSSR count). The fourth-order valence-electron chi connectivity index (χ4n) is 2.35. The van der Waals surface area contributed by atoms with E-state index in [0.29, 0.717) is 17.3 Å². The summed E-state index contributed by atoms with van der Waals surface area (Å²) in [5, 5.41) is 3.42. The van der Waals surface area contributed by atoms with Crippen molar-refractivity contribution >= 4 is 35.6 Å². The monoisotopic (exact) mass is 317 g/mol. The average Bonchev–Trinajstić information content (AvgIpc) is 2.33. The van der Waals surface area contributed by atoms with Gasteiger partial charge in [-0.2, -0.15) is 0 Å². The Morgan fingerprint density at radius 2 is 2.30 bits per heavy atom. The molecule has 0 saturated carbocycles. The van der Waals surface area contributed by atoms with Crippen molar-refractivity contribution in [2.75, 3.05) is 25.0 Å². The number of rotatable bonds is 3. The third kappa shape index (κ3) is 4.94. The molecule has 6 heteroatoms. The highest BCUT2D eigenvalue weighted by atomic mass is 35.5. The van der Waals surface area contributed by atoms with Crippen LogP contribution in [0.5, 0.6) is 0 Å². The zero-order chi connectivity index (χ0) is 13.8. The lowest BCUT2D eigenvalue weighted by Gasteiger charge is -2.29. The van der Waals surface area contributed by atoms with Crippen LogP contribution in [0.4, 0.5) is 5.69 Å². The zero-order valence-corrected chi connectivity index (χ0v) is 13.1. The number of hydrogen-bond acceptors (Lipinski definition) is 3. The Morgan fingerprint density at radius 3 is 2.95 bits per heavy atom. The SMILES string of the molecule is Cc1ccc(NC(=O)CN2CCC[C@@H](N)C2)c(Cl)c1.Cl. The van der Waals surface area contributed by atoms with Gasteiger partial charge in [-0.25, -0.2) is 0 Å². The topological polar surface area (TPSA) is 58.4 Å². The van der Waals surface area contributed by atoms with E-state index in [2.05, 4.69) is 10.2 Å². The van der Waals surface area contributed by atoms with E-state index >= 15 is 0 Å². The Kier molecular flexibility index (Phi) is 6.76. The molecule has 1 aliphatic rings. The first kappa shape index (κ1) is 17.2. The van der Waals surface area contributed by atoms with Crippen LogP contribution in [-0.2, 0) is 4.79 Å². The van der Waals surface area contributed by atoms with Gasteiger partial charge in [0.15, 0.2) is 0 Å². The second-order valence-electron chi connectivity index (χ2n) is 5.17. The van der Waals surface area contributed by atoms with Crippen LogP contribution in [0.25, 0.3) is 0 Å². The molecule has 4 nitrogen and oxygen atoms in total. The number of halogens is 2. The quantitative estimate of drug-likeness (QED) is 0.900. The third-order valence-corrected chi connectivity index (χ3v) is 3.62. The van der Waals surface area contributed by atoms with Gasteiger partial charge in [0.1, 0.15) is 0 Å². The second-order valence-corrected chi connectivity index (χ2v) is 5.58. The molecular formula is C14H21Cl2N3O. The van der Waals surface area contributed by atoms with Crippen molar-refractivity contribution in [2.24, 2.45) is 5.73 Å². The van der Waals surface area contributed by atoms with Crippen molar-refractivity contribution in [1.82, 2.24) is 4.90 Å². The summed E-state index contributed by atoms with van der Waals surface area (Å²) in [5.74, 6) is -0.0418. The van der Waals surface area contributed by atoms with Crippen molar-refractivity contribution < 1.29 is 4.79 Å². The molecule has 3 N–H and O–H groups in total. The molecule has 0 unspecified atom stereocenters. The lowest BCUT2D eigenvalue weighted by molar-refractivity contribution is -0.117. The molecule has 1 aromatic rings.